The van der Waals surface area contributed by atoms with E-state index in [1.807, 2.05) is 0 Å². The molecule has 1 aromatic rings. The minimum atomic E-state index is -2.42. The molecule has 4 nitrogen and oxygen atoms in total. The van der Waals surface area contributed by atoms with Crippen molar-refractivity contribution in [3.8, 4) is 5.75 Å². The largest absolute Gasteiger partial charge is 0.494 e. The van der Waals surface area contributed by atoms with Crippen LogP contribution in [-0.2, 0) is 0 Å². The van der Waals surface area contributed by atoms with Gasteiger partial charge in [-0.15, -0.1) is 10.2 Å². The molecule has 0 saturated carbocycles. The van der Waals surface area contributed by atoms with Gasteiger partial charge in [0, 0.05) is 22.1 Å². The van der Waals surface area contributed by atoms with Crippen LogP contribution in [0, 0.1) is 17.0 Å². The molecule has 0 bridgehead atoms. The van der Waals surface area contributed by atoms with Gasteiger partial charge in [0.25, 0.3) is 0 Å². The molecule has 0 fully saturated rings. The molecule has 14 radical (unpaired) electrons. The van der Waals surface area contributed by atoms with Gasteiger partial charge in [-0.05, 0) is 12.5 Å². The predicted octanol–water partition coefficient (Wildman–Crippen LogP) is 0.0677. The third-order valence-electron chi connectivity index (χ3n) is 2.99. The molecule has 0 unspecified atom stereocenters. The van der Waals surface area contributed by atoms with Crippen LogP contribution in [-0.4, -0.2) is 65.3 Å². The van der Waals surface area contributed by atoms with E-state index in [1.54, 1.807) is 6.92 Å². The number of hydrogen-bond acceptors (Lipinski definition) is 3. The van der Waals surface area contributed by atoms with Crippen molar-refractivity contribution < 1.29 is 9.66 Å². The molecule has 0 aliphatic rings. The number of nitro benzene ring substituents is 1. The average molecular weight is 343 g/mol. The summed E-state index contributed by atoms with van der Waals surface area (Å²) in [6.07, 6.45) is 0. The Labute approximate surface area is 147 Å². The van der Waals surface area contributed by atoms with Crippen LogP contribution in [0.15, 0.2) is 16.6 Å². The fourth-order valence-corrected chi connectivity index (χ4v) is 1.92. The highest BCUT2D eigenvalue weighted by atomic mass is 79.9. The van der Waals surface area contributed by atoms with Gasteiger partial charge in [0.2, 0.25) is 0 Å². The van der Waals surface area contributed by atoms with Crippen LogP contribution in [0.3, 0.4) is 0 Å². The Kier molecular flexibility index (Phi) is 5.38. The molecule has 1 rings (SSSR count). The summed E-state index contributed by atoms with van der Waals surface area (Å²) in [5, 5.41) is 6.56. The van der Waals surface area contributed by atoms with E-state index in [0.29, 0.717) is 10.0 Å². The molecule has 96 valence electrons. The lowest BCUT2D eigenvalue weighted by Gasteiger charge is -2.54. The van der Waals surface area contributed by atoms with Gasteiger partial charge in [-0.1, -0.05) is 15.9 Å². The SMILES string of the molecule is [B]C([B])([B])C([B])(Oc1cc(Br)c(C)cc1[N+](=O)[O-])C([B])([B])[B]. The third-order valence-corrected chi connectivity index (χ3v) is 3.85. The Morgan fingerprint density at radius 1 is 1.09 bits per heavy atom. The molecule has 0 amide bonds. The van der Waals surface area contributed by atoms with E-state index >= 15 is 0 Å². The van der Waals surface area contributed by atoms with Gasteiger partial charge in [-0.3, -0.25) is 10.1 Å². The summed E-state index contributed by atoms with van der Waals surface area (Å²) < 4.78 is 5.82. The molecule has 22 heavy (non-hydrogen) atoms. The number of hydrogen-bond donors (Lipinski definition) is 0. The van der Waals surface area contributed by atoms with Crippen molar-refractivity contribution in [2.75, 3.05) is 0 Å². The number of aryl methyl sites for hydroxylation is 1. The topological polar surface area (TPSA) is 52.4 Å². The Hall–Kier alpha value is -0.645. The fourth-order valence-electron chi connectivity index (χ4n) is 1.60. The van der Waals surface area contributed by atoms with E-state index in [1.165, 1.54) is 12.1 Å². The monoisotopic (exact) mass is 343 g/mol. The van der Waals surface area contributed by atoms with Crippen LogP contribution >= 0.6 is 15.9 Å². The van der Waals surface area contributed by atoms with Crippen molar-refractivity contribution in [3.63, 3.8) is 0 Å². The first kappa shape index (κ1) is 19.4. The number of nitro groups is 1. The Balaban J connectivity index is 3.50. The minimum absolute atomic E-state index is 0.304. The summed E-state index contributed by atoms with van der Waals surface area (Å²) >= 11 is 3.21. The maximum absolute atomic E-state index is 11.2. The zero-order valence-corrected chi connectivity index (χ0v) is 13.3. The molecular weight excluding hydrogens is 338 g/mol. The second kappa shape index (κ2) is 6.10. The number of rotatable bonds is 5. The Bertz CT molecular complexity index is 585. The highest BCUT2D eigenvalue weighted by Crippen LogP contribution is 2.46. The standard InChI is InChI=1S/C10H5B7BrNO3/c1-4-2-6(19(20)21)7(3-5(4)18)22-8(11,9(12,13)14)10(15,16)17/h2-3H,1H3. The van der Waals surface area contributed by atoms with E-state index in [4.69, 9.17) is 59.7 Å². The molecular formula is C10H5B7BrNO3. The Morgan fingerprint density at radius 3 is 1.91 bits per heavy atom. The van der Waals surface area contributed by atoms with E-state index in [2.05, 4.69) is 15.9 Å². The lowest BCUT2D eigenvalue weighted by Crippen LogP contribution is -2.59. The van der Waals surface area contributed by atoms with Crippen molar-refractivity contribution in [2.45, 2.75) is 22.7 Å². The van der Waals surface area contributed by atoms with Gasteiger partial charge in [0.1, 0.15) is 7.85 Å². The molecule has 0 N–H and O–H groups in total. The van der Waals surface area contributed by atoms with Crippen LogP contribution in [0.4, 0.5) is 5.69 Å². The molecule has 0 heterocycles. The summed E-state index contributed by atoms with van der Waals surface area (Å²) in [7, 11) is 39.0. The number of nitrogens with zero attached hydrogens (tertiary/aromatic N) is 1. The molecule has 0 aromatic heterocycles. The number of ether oxygens (including phenoxy) is 1. The number of benzene rings is 1. The van der Waals surface area contributed by atoms with Crippen LogP contribution < -0.4 is 4.74 Å². The zero-order valence-electron chi connectivity index (χ0n) is 11.7. The zero-order chi connectivity index (χ0) is 17.5. The molecule has 1 aromatic carbocycles. The third kappa shape index (κ3) is 3.63. The van der Waals surface area contributed by atoms with Crippen molar-refractivity contribution in [1.82, 2.24) is 0 Å². The van der Waals surface area contributed by atoms with Crippen molar-refractivity contribution >= 4 is 76.5 Å². The van der Waals surface area contributed by atoms with Gasteiger partial charge < -0.3 is 4.74 Å². The summed E-state index contributed by atoms with van der Waals surface area (Å²) in [6, 6.07) is 2.53. The highest BCUT2D eigenvalue weighted by molar-refractivity contribution is 9.10. The summed E-state index contributed by atoms with van der Waals surface area (Å²) in [4.78, 5) is 10.5. The molecule has 0 saturated heterocycles. The summed E-state index contributed by atoms with van der Waals surface area (Å²) in [5.74, 6) is -0.304. The van der Waals surface area contributed by atoms with Crippen molar-refractivity contribution in [2.24, 2.45) is 0 Å². The number of halogens is 1. The van der Waals surface area contributed by atoms with Crippen LogP contribution in [0.2, 0.25) is 10.2 Å². The first-order valence-corrected chi connectivity index (χ1v) is 6.65. The lowest BCUT2D eigenvalue weighted by molar-refractivity contribution is -0.386. The first-order chi connectivity index (χ1) is 9.70. The van der Waals surface area contributed by atoms with Crippen LogP contribution in [0.25, 0.3) is 0 Å². The Morgan fingerprint density at radius 2 is 1.55 bits per heavy atom. The lowest BCUT2D eigenvalue weighted by atomic mass is 9.19. The average Bonchev–Trinajstić information content (AvgIpc) is 2.30. The van der Waals surface area contributed by atoms with E-state index < -0.39 is 26.3 Å². The van der Waals surface area contributed by atoms with Gasteiger partial charge >= 0.3 is 5.69 Å². The van der Waals surface area contributed by atoms with Gasteiger partial charge in [0.15, 0.2) is 5.75 Å². The first-order valence-electron chi connectivity index (χ1n) is 5.86. The smallest absolute Gasteiger partial charge is 0.311 e. The summed E-state index contributed by atoms with van der Waals surface area (Å²) in [6.45, 7) is 1.65. The maximum atomic E-state index is 11.2. The van der Waals surface area contributed by atoms with Crippen LogP contribution in [0.5, 0.6) is 5.75 Å². The van der Waals surface area contributed by atoms with E-state index in [0.717, 1.165) is 0 Å². The predicted molar refractivity (Wildman–Crippen MR) is 94.6 cm³/mol. The minimum Gasteiger partial charge on any atom is -0.494 e. The molecule has 0 aliphatic carbocycles. The maximum Gasteiger partial charge on any atom is 0.311 e. The second-order valence-corrected chi connectivity index (χ2v) is 5.88. The van der Waals surface area contributed by atoms with Crippen molar-refractivity contribution in [3.05, 3.63) is 32.3 Å². The van der Waals surface area contributed by atoms with Gasteiger partial charge in [-0.25, -0.2) is 0 Å². The van der Waals surface area contributed by atoms with Crippen LogP contribution in [0.1, 0.15) is 5.56 Å². The fraction of sp³-hybridized carbons (Fsp3) is 0.400. The van der Waals surface area contributed by atoms with Crippen molar-refractivity contribution in [1.29, 1.82) is 0 Å². The van der Waals surface area contributed by atoms with Gasteiger partial charge in [-0.2, -0.15) is 0 Å². The molecule has 0 aliphatic heterocycles. The van der Waals surface area contributed by atoms with E-state index in [-0.39, 0.29) is 5.75 Å². The normalized spacial score (nSPS) is 12.8. The van der Waals surface area contributed by atoms with Gasteiger partial charge in [0.05, 0.1) is 52.0 Å². The summed E-state index contributed by atoms with van der Waals surface area (Å²) in [5.41, 5.74) is -2.25. The second-order valence-electron chi connectivity index (χ2n) is 5.03. The highest BCUT2D eigenvalue weighted by Gasteiger charge is 2.46. The molecule has 12 heteroatoms. The molecule has 0 atom stereocenters. The quantitative estimate of drug-likeness (QED) is 0.432. The van der Waals surface area contributed by atoms with E-state index in [9.17, 15) is 10.1 Å². The molecule has 0 spiro atoms.